The number of nitrogens with zero attached hydrogens (tertiary/aromatic N) is 1. The van der Waals surface area contributed by atoms with Crippen LogP contribution in [0.1, 0.15) is 6.92 Å². The summed E-state index contributed by atoms with van der Waals surface area (Å²) in [5, 5.41) is 2.52. The van der Waals surface area contributed by atoms with Crippen LogP contribution in [0.2, 0.25) is 0 Å². The number of para-hydroxylation sites is 2. The molecule has 0 bridgehead atoms. The van der Waals surface area contributed by atoms with Crippen molar-refractivity contribution < 1.29 is 28.2 Å². The van der Waals surface area contributed by atoms with Gasteiger partial charge in [-0.25, -0.2) is 9.18 Å². The van der Waals surface area contributed by atoms with Gasteiger partial charge < -0.3 is 19.5 Å². The second kappa shape index (κ2) is 6.79. The number of halogens is 1. The lowest BCUT2D eigenvalue weighted by molar-refractivity contribution is -0.128. The van der Waals surface area contributed by atoms with Crippen LogP contribution < -0.4 is 19.7 Å². The van der Waals surface area contributed by atoms with E-state index in [-0.39, 0.29) is 12.3 Å². The predicted molar refractivity (Wildman–Crippen MR) is 94.7 cm³/mol. The summed E-state index contributed by atoms with van der Waals surface area (Å²) in [5.74, 6) is -0.166. The first-order chi connectivity index (χ1) is 13.0. The van der Waals surface area contributed by atoms with E-state index in [2.05, 4.69) is 5.32 Å². The van der Waals surface area contributed by atoms with Crippen molar-refractivity contribution in [1.29, 1.82) is 0 Å². The molecule has 2 amide bonds. The first-order valence-corrected chi connectivity index (χ1v) is 8.50. The molecule has 0 aromatic heterocycles. The molecule has 0 radical (unpaired) electrons. The van der Waals surface area contributed by atoms with E-state index in [0.717, 1.165) is 0 Å². The summed E-state index contributed by atoms with van der Waals surface area (Å²) in [6, 6.07) is 11.1. The average molecular weight is 372 g/mol. The van der Waals surface area contributed by atoms with E-state index in [1.54, 1.807) is 31.2 Å². The van der Waals surface area contributed by atoms with Crippen LogP contribution in [0.4, 0.5) is 20.6 Å². The Bertz CT molecular complexity index is 903. The molecule has 2 aliphatic rings. The van der Waals surface area contributed by atoms with Gasteiger partial charge in [0.15, 0.2) is 11.5 Å². The second-order valence-corrected chi connectivity index (χ2v) is 6.23. The van der Waals surface area contributed by atoms with Gasteiger partial charge in [0, 0.05) is 5.69 Å². The third-order valence-corrected chi connectivity index (χ3v) is 4.38. The zero-order valence-electron chi connectivity index (χ0n) is 14.5. The molecule has 0 saturated carbocycles. The first-order valence-electron chi connectivity index (χ1n) is 8.50. The van der Waals surface area contributed by atoms with Crippen molar-refractivity contribution in [3.8, 4) is 11.5 Å². The molecule has 0 spiro atoms. The van der Waals surface area contributed by atoms with Gasteiger partial charge in [0.25, 0.3) is 5.91 Å². The molecule has 0 unspecified atom stereocenters. The van der Waals surface area contributed by atoms with Crippen molar-refractivity contribution >= 4 is 23.4 Å². The van der Waals surface area contributed by atoms with Gasteiger partial charge in [0.2, 0.25) is 6.10 Å². The molecule has 0 aliphatic carbocycles. The number of carbonyl (C=O) groups is 2. The molecule has 27 heavy (non-hydrogen) atoms. The number of rotatable bonds is 3. The van der Waals surface area contributed by atoms with Gasteiger partial charge in [-0.2, -0.15) is 0 Å². The summed E-state index contributed by atoms with van der Waals surface area (Å²) in [4.78, 5) is 25.7. The normalized spacial score (nSPS) is 21.0. The Morgan fingerprint density at radius 3 is 2.63 bits per heavy atom. The number of benzene rings is 2. The largest absolute Gasteiger partial charge is 0.482 e. The minimum absolute atomic E-state index is 0.0492. The minimum Gasteiger partial charge on any atom is -0.482 e. The van der Waals surface area contributed by atoms with E-state index in [4.69, 9.17) is 14.2 Å². The van der Waals surface area contributed by atoms with Gasteiger partial charge in [-0.1, -0.05) is 12.1 Å². The third kappa shape index (κ3) is 3.25. The van der Waals surface area contributed by atoms with Crippen LogP contribution in [0.15, 0.2) is 42.5 Å². The highest BCUT2D eigenvalue weighted by atomic mass is 19.1. The van der Waals surface area contributed by atoms with Crippen LogP contribution in [-0.2, 0) is 9.53 Å². The predicted octanol–water partition coefficient (Wildman–Crippen LogP) is 2.95. The van der Waals surface area contributed by atoms with Crippen LogP contribution >= 0.6 is 0 Å². The van der Waals surface area contributed by atoms with Crippen molar-refractivity contribution in [2.45, 2.75) is 19.1 Å². The Labute approximate surface area is 154 Å². The van der Waals surface area contributed by atoms with E-state index in [1.165, 1.54) is 23.1 Å². The number of fused-ring (bicyclic) bond motifs is 1. The number of cyclic esters (lactones) is 1. The molecule has 1 fully saturated rings. The molecular weight excluding hydrogens is 355 g/mol. The Kier molecular flexibility index (Phi) is 4.31. The fourth-order valence-electron chi connectivity index (χ4n) is 3.02. The van der Waals surface area contributed by atoms with E-state index < -0.39 is 30.0 Å². The minimum atomic E-state index is -0.945. The summed E-state index contributed by atoms with van der Waals surface area (Å²) < 4.78 is 30.5. The Balaban J connectivity index is 1.53. The Morgan fingerprint density at radius 1 is 1.19 bits per heavy atom. The topological polar surface area (TPSA) is 77.1 Å². The van der Waals surface area contributed by atoms with E-state index in [9.17, 15) is 14.0 Å². The number of amides is 2. The molecule has 140 valence electrons. The van der Waals surface area contributed by atoms with Crippen LogP contribution in [0.3, 0.4) is 0 Å². The number of carbonyl (C=O) groups excluding carboxylic acids is 2. The third-order valence-electron chi connectivity index (χ3n) is 4.38. The molecule has 2 aliphatic heterocycles. The van der Waals surface area contributed by atoms with E-state index in [1.807, 2.05) is 0 Å². The molecular formula is C19H17FN2O5. The van der Waals surface area contributed by atoms with Gasteiger partial charge in [-0.15, -0.1) is 0 Å². The smallest absolute Gasteiger partial charge is 0.414 e. The van der Waals surface area contributed by atoms with Gasteiger partial charge in [0.05, 0.1) is 12.2 Å². The maximum atomic E-state index is 14.2. The molecule has 1 N–H and O–H groups in total. The average Bonchev–Trinajstić information content (AvgIpc) is 3.09. The molecule has 2 aromatic carbocycles. The fourth-order valence-corrected chi connectivity index (χ4v) is 3.02. The number of hydrogen-bond donors (Lipinski definition) is 1. The molecule has 2 aromatic rings. The maximum absolute atomic E-state index is 14.2. The highest BCUT2D eigenvalue weighted by Gasteiger charge is 2.34. The quantitative estimate of drug-likeness (QED) is 0.896. The zero-order valence-corrected chi connectivity index (χ0v) is 14.5. The lowest BCUT2D eigenvalue weighted by Crippen LogP contribution is -2.46. The molecule has 1 saturated heterocycles. The van der Waals surface area contributed by atoms with Crippen LogP contribution in [0.25, 0.3) is 0 Å². The maximum Gasteiger partial charge on any atom is 0.414 e. The lowest BCUT2D eigenvalue weighted by Gasteiger charge is -2.31. The summed E-state index contributed by atoms with van der Waals surface area (Å²) in [5.41, 5.74) is 0.389. The van der Waals surface area contributed by atoms with Crippen molar-refractivity contribution in [3.63, 3.8) is 0 Å². The van der Waals surface area contributed by atoms with Crippen molar-refractivity contribution in [2.75, 3.05) is 23.4 Å². The Morgan fingerprint density at radius 2 is 1.93 bits per heavy atom. The molecule has 2 atom stereocenters. The number of ether oxygens (including phenoxy) is 3. The van der Waals surface area contributed by atoms with Gasteiger partial charge in [-0.3, -0.25) is 9.69 Å². The van der Waals surface area contributed by atoms with Crippen LogP contribution in [-0.4, -0.2) is 37.4 Å². The number of nitrogens with one attached hydrogen (secondary N) is 1. The zero-order chi connectivity index (χ0) is 19.0. The fraction of sp³-hybridized carbons (Fsp3) is 0.263. The lowest BCUT2D eigenvalue weighted by atomic mass is 10.1. The van der Waals surface area contributed by atoms with Gasteiger partial charge in [-0.05, 0) is 37.3 Å². The molecule has 4 rings (SSSR count). The molecule has 8 heteroatoms. The van der Waals surface area contributed by atoms with Crippen molar-refractivity contribution in [3.05, 3.63) is 48.3 Å². The molecule has 7 nitrogen and oxygen atoms in total. The van der Waals surface area contributed by atoms with Crippen molar-refractivity contribution in [2.24, 2.45) is 0 Å². The molecule has 2 heterocycles. The number of anilines is 2. The van der Waals surface area contributed by atoms with Crippen LogP contribution in [0.5, 0.6) is 11.5 Å². The second-order valence-electron chi connectivity index (χ2n) is 6.23. The summed E-state index contributed by atoms with van der Waals surface area (Å²) in [6.45, 7) is 2.33. The highest BCUT2D eigenvalue weighted by Crippen LogP contribution is 2.34. The van der Waals surface area contributed by atoms with Gasteiger partial charge >= 0.3 is 6.09 Å². The first kappa shape index (κ1) is 17.1. The van der Waals surface area contributed by atoms with Crippen LogP contribution in [0, 0.1) is 5.82 Å². The monoisotopic (exact) mass is 372 g/mol. The van der Waals surface area contributed by atoms with Gasteiger partial charge in [0.1, 0.15) is 18.5 Å². The number of hydrogen-bond acceptors (Lipinski definition) is 5. The van der Waals surface area contributed by atoms with Crippen molar-refractivity contribution in [1.82, 2.24) is 0 Å². The Hall–Kier alpha value is -3.29. The summed E-state index contributed by atoms with van der Waals surface area (Å²) >= 11 is 0. The standard InChI is InChI=1S/C19H17FN2O5/c1-11-17(27-16-5-3-2-4-15(16)26-11)18(23)21-14-10-12(6-7-13(14)20)22-8-9-25-19(22)24/h2-7,10-11,17H,8-9H2,1H3,(H,21,23)/t11-,17+/m1/s1. The van der Waals surface area contributed by atoms with E-state index in [0.29, 0.717) is 23.7 Å². The summed E-state index contributed by atoms with van der Waals surface area (Å²) in [6.07, 6.45) is -2.01. The SMILES string of the molecule is C[C@H]1Oc2ccccc2O[C@@H]1C(=O)Nc1cc(N2CCOC2=O)ccc1F. The summed E-state index contributed by atoms with van der Waals surface area (Å²) in [7, 11) is 0. The van der Waals surface area contributed by atoms with E-state index >= 15 is 0 Å². The highest BCUT2D eigenvalue weighted by molar-refractivity contribution is 5.96.